The van der Waals surface area contributed by atoms with Crippen molar-refractivity contribution in [3.05, 3.63) is 35.6 Å². The maximum absolute atomic E-state index is 6.22. The molecule has 2 atom stereocenters. The molecule has 100 valence electrons. The first-order chi connectivity index (χ1) is 9.27. The van der Waals surface area contributed by atoms with Crippen LogP contribution in [-0.4, -0.2) is 28.0 Å². The van der Waals surface area contributed by atoms with Gasteiger partial charge in [0, 0.05) is 24.1 Å². The zero-order valence-electron chi connectivity index (χ0n) is 10.8. The molecule has 1 aliphatic rings. The van der Waals surface area contributed by atoms with Gasteiger partial charge in [0.1, 0.15) is 0 Å². The van der Waals surface area contributed by atoms with Gasteiger partial charge in [-0.25, -0.2) is 0 Å². The number of rotatable bonds is 3. The summed E-state index contributed by atoms with van der Waals surface area (Å²) in [6.45, 7) is 3.76. The van der Waals surface area contributed by atoms with Crippen molar-refractivity contribution in [3.8, 4) is 11.4 Å². The maximum atomic E-state index is 6.22. The van der Waals surface area contributed by atoms with Crippen LogP contribution in [0.3, 0.4) is 0 Å². The predicted octanol–water partition coefficient (Wildman–Crippen LogP) is 3.20. The van der Waals surface area contributed by atoms with Crippen molar-refractivity contribution < 1.29 is 4.74 Å². The summed E-state index contributed by atoms with van der Waals surface area (Å²) in [5.74, 6) is 1.29. The number of benzene rings is 1. The molecule has 0 N–H and O–H groups in total. The van der Waals surface area contributed by atoms with E-state index in [4.69, 9.17) is 16.3 Å². The van der Waals surface area contributed by atoms with Crippen LogP contribution in [0.1, 0.15) is 19.4 Å². The molecule has 3 rings (SSSR count). The summed E-state index contributed by atoms with van der Waals surface area (Å²) >= 11 is 6.22. The van der Waals surface area contributed by atoms with Gasteiger partial charge >= 0.3 is 0 Å². The molecule has 0 aliphatic carbocycles. The van der Waals surface area contributed by atoms with Crippen LogP contribution in [0.25, 0.3) is 11.4 Å². The Bertz CT molecular complexity index is 549. The summed E-state index contributed by atoms with van der Waals surface area (Å²) in [5.41, 5.74) is 1.03. The molecule has 19 heavy (non-hydrogen) atoms. The van der Waals surface area contributed by atoms with Crippen molar-refractivity contribution in [2.24, 2.45) is 5.92 Å². The van der Waals surface area contributed by atoms with E-state index in [1.807, 2.05) is 34.9 Å². The second-order valence-electron chi connectivity index (χ2n) is 4.89. The number of ether oxygens (including phenoxy) is 1. The molecule has 0 saturated carbocycles. The first kappa shape index (κ1) is 12.6. The number of nitrogens with zero attached hydrogens (tertiary/aromatic N) is 3. The summed E-state index contributed by atoms with van der Waals surface area (Å²) in [7, 11) is 0. The van der Waals surface area contributed by atoms with Crippen molar-refractivity contribution in [1.29, 1.82) is 0 Å². The third-order valence-corrected chi connectivity index (χ3v) is 4.00. The lowest BCUT2D eigenvalue weighted by Gasteiger charge is -2.21. The van der Waals surface area contributed by atoms with E-state index >= 15 is 0 Å². The van der Waals surface area contributed by atoms with E-state index in [1.54, 1.807) is 0 Å². The minimum Gasteiger partial charge on any atom is -0.381 e. The number of hydrogen-bond acceptors (Lipinski definition) is 3. The first-order valence-electron chi connectivity index (χ1n) is 6.51. The molecule has 1 aromatic carbocycles. The normalized spacial score (nSPS) is 20.6. The maximum Gasteiger partial charge on any atom is 0.225 e. The molecule has 2 aromatic rings. The fourth-order valence-electron chi connectivity index (χ4n) is 2.56. The lowest BCUT2D eigenvalue weighted by molar-refractivity contribution is 0.175. The summed E-state index contributed by atoms with van der Waals surface area (Å²) in [5, 5.41) is 8.68. The van der Waals surface area contributed by atoms with Crippen LogP contribution in [-0.2, 0) is 4.74 Å². The van der Waals surface area contributed by atoms with Gasteiger partial charge in [0.2, 0.25) is 5.28 Å². The molecule has 1 fully saturated rings. The van der Waals surface area contributed by atoms with E-state index < -0.39 is 0 Å². The highest BCUT2D eigenvalue weighted by molar-refractivity contribution is 6.28. The Balaban J connectivity index is 1.99. The van der Waals surface area contributed by atoms with E-state index in [-0.39, 0.29) is 6.04 Å². The van der Waals surface area contributed by atoms with Gasteiger partial charge in [-0.05, 0) is 24.9 Å². The van der Waals surface area contributed by atoms with Crippen LogP contribution < -0.4 is 0 Å². The zero-order valence-corrected chi connectivity index (χ0v) is 11.5. The Morgan fingerprint density at radius 3 is 2.79 bits per heavy atom. The molecular formula is C14H16ClN3O. The van der Waals surface area contributed by atoms with Crippen molar-refractivity contribution in [2.75, 3.05) is 13.2 Å². The number of hydrogen-bond donors (Lipinski definition) is 0. The van der Waals surface area contributed by atoms with E-state index in [0.29, 0.717) is 11.2 Å². The van der Waals surface area contributed by atoms with Crippen molar-refractivity contribution in [1.82, 2.24) is 14.8 Å². The SMILES string of the molecule is CC(C1CCOC1)n1c(Cl)nnc1-c1ccccc1. The Kier molecular flexibility index (Phi) is 3.53. The molecule has 4 nitrogen and oxygen atoms in total. The van der Waals surface area contributed by atoms with Gasteiger partial charge in [0.05, 0.1) is 6.61 Å². The Morgan fingerprint density at radius 1 is 1.32 bits per heavy atom. The van der Waals surface area contributed by atoms with Gasteiger partial charge in [-0.1, -0.05) is 30.3 Å². The first-order valence-corrected chi connectivity index (χ1v) is 6.88. The van der Waals surface area contributed by atoms with Crippen molar-refractivity contribution in [2.45, 2.75) is 19.4 Å². The van der Waals surface area contributed by atoms with Gasteiger partial charge < -0.3 is 4.74 Å². The van der Waals surface area contributed by atoms with Gasteiger partial charge in [0.15, 0.2) is 5.82 Å². The average molecular weight is 278 g/mol. The van der Waals surface area contributed by atoms with Gasteiger partial charge in [-0.3, -0.25) is 4.57 Å². The standard InChI is InChI=1S/C14H16ClN3O/c1-10(12-7-8-19-9-12)18-13(16-17-14(18)15)11-5-3-2-4-6-11/h2-6,10,12H,7-9H2,1H3. The molecule has 0 radical (unpaired) electrons. The topological polar surface area (TPSA) is 39.9 Å². The van der Waals surface area contributed by atoms with E-state index in [1.165, 1.54) is 0 Å². The van der Waals surface area contributed by atoms with Crippen LogP contribution in [0.4, 0.5) is 0 Å². The average Bonchev–Trinajstić information content (AvgIpc) is 3.08. The lowest BCUT2D eigenvalue weighted by atomic mass is 10.0. The number of halogens is 1. The smallest absolute Gasteiger partial charge is 0.225 e. The van der Waals surface area contributed by atoms with E-state index in [0.717, 1.165) is 31.0 Å². The number of aromatic nitrogens is 3. The zero-order chi connectivity index (χ0) is 13.2. The van der Waals surface area contributed by atoms with Crippen molar-refractivity contribution >= 4 is 11.6 Å². The fourth-order valence-corrected chi connectivity index (χ4v) is 2.83. The molecule has 0 bridgehead atoms. The molecule has 0 spiro atoms. The summed E-state index contributed by atoms with van der Waals surface area (Å²) in [6.07, 6.45) is 1.06. The second-order valence-corrected chi connectivity index (χ2v) is 5.23. The summed E-state index contributed by atoms with van der Waals surface area (Å²) in [4.78, 5) is 0. The predicted molar refractivity (Wildman–Crippen MR) is 74.1 cm³/mol. The van der Waals surface area contributed by atoms with E-state index in [9.17, 15) is 0 Å². The van der Waals surface area contributed by atoms with Gasteiger partial charge in [-0.15, -0.1) is 10.2 Å². The van der Waals surface area contributed by atoms with E-state index in [2.05, 4.69) is 17.1 Å². The van der Waals surface area contributed by atoms with Gasteiger partial charge in [-0.2, -0.15) is 0 Å². The van der Waals surface area contributed by atoms with Crippen LogP contribution in [0.15, 0.2) is 30.3 Å². The largest absolute Gasteiger partial charge is 0.381 e. The molecule has 2 unspecified atom stereocenters. The molecular weight excluding hydrogens is 262 g/mol. The Hall–Kier alpha value is -1.39. The lowest BCUT2D eigenvalue weighted by Crippen LogP contribution is -2.18. The quantitative estimate of drug-likeness (QED) is 0.865. The molecule has 0 amide bonds. The molecule has 5 heteroatoms. The highest BCUT2D eigenvalue weighted by Crippen LogP contribution is 2.32. The van der Waals surface area contributed by atoms with Crippen LogP contribution in [0.2, 0.25) is 5.28 Å². The van der Waals surface area contributed by atoms with Crippen LogP contribution in [0, 0.1) is 5.92 Å². The molecule has 1 saturated heterocycles. The second kappa shape index (κ2) is 5.31. The summed E-state index contributed by atoms with van der Waals surface area (Å²) in [6, 6.07) is 10.3. The highest BCUT2D eigenvalue weighted by Gasteiger charge is 2.27. The summed E-state index contributed by atoms with van der Waals surface area (Å²) < 4.78 is 7.47. The minimum atomic E-state index is 0.236. The molecule has 1 aliphatic heterocycles. The highest BCUT2D eigenvalue weighted by atomic mass is 35.5. The van der Waals surface area contributed by atoms with Crippen molar-refractivity contribution in [3.63, 3.8) is 0 Å². The van der Waals surface area contributed by atoms with Crippen LogP contribution >= 0.6 is 11.6 Å². The van der Waals surface area contributed by atoms with Crippen LogP contribution in [0.5, 0.6) is 0 Å². The monoisotopic (exact) mass is 277 g/mol. The fraction of sp³-hybridized carbons (Fsp3) is 0.429. The molecule has 1 aromatic heterocycles. The van der Waals surface area contributed by atoms with Gasteiger partial charge in [0.25, 0.3) is 0 Å². The Labute approximate surface area is 117 Å². The minimum absolute atomic E-state index is 0.236. The third-order valence-electron chi connectivity index (χ3n) is 3.74. The third kappa shape index (κ3) is 2.38. The Morgan fingerprint density at radius 2 is 2.11 bits per heavy atom. The molecule has 2 heterocycles.